The number of amides is 2. The lowest BCUT2D eigenvalue weighted by Gasteiger charge is -2.32. The Hall–Kier alpha value is -3.54. The van der Waals surface area contributed by atoms with Gasteiger partial charge in [-0.05, 0) is 66.1 Å². The lowest BCUT2D eigenvalue weighted by molar-refractivity contribution is 0.170. The third-order valence-electron chi connectivity index (χ3n) is 6.11. The fourth-order valence-corrected chi connectivity index (χ4v) is 4.08. The van der Waals surface area contributed by atoms with Crippen molar-refractivity contribution >= 4 is 6.03 Å². The molecule has 0 saturated carbocycles. The number of benzene rings is 2. The molecule has 2 amide bonds. The number of nitrogens with one attached hydrogen (secondary N) is 1. The van der Waals surface area contributed by atoms with Crippen molar-refractivity contribution in [3.05, 3.63) is 89.7 Å². The normalized spacial score (nSPS) is 14.0. The van der Waals surface area contributed by atoms with E-state index >= 15 is 0 Å². The molecule has 33 heavy (non-hydrogen) atoms. The summed E-state index contributed by atoms with van der Waals surface area (Å²) >= 11 is 0. The zero-order valence-corrected chi connectivity index (χ0v) is 19.1. The van der Waals surface area contributed by atoms with Crippen molar-refractivity contribution in [1.82, 2.24) is 15.2 Å². The Morgan fingerprint density at radius 2 is 1.55 bits per heavy atom. The number of methoxy groups -OCH3 is 1. The third-order valence-corrected chi connectivity index (χ3v) is 6.11. The van der Waals surface area contributed by atoms with Crippen LogP contribution in [0.1, 0.15) is 29.5 Å². The molecule has 0 spiro atoms. The number of rotatable bonds is 8. The maximum atomic E-state index is 12.5. The number of hydrogen-bond acceptors (Lipinski definition) is 4. The van der Waals surface area contributed by atoms with E-state index in [0.717, 1.165) is 55.0 Å². The van der Waals surface area contributed by atoms with Crippen LogP contribution >= 0.6 is 0 Å². The second-order valence-electron chi connectivity index (χ2n) is 8.43. The molecule has 1 aromatic heterocycles. The molecular weight excluding hydrogens is 414 g/mol. The highest BCUT2D eigenvalue weighted by Gasteiger charge is 2.22. The van der Waals surface area contributed by atoms with E-state index < -0.39 is 0 Å². The number of pyridine rings is 1. The van der Waals surface area contributed by atoms with Crippen LogP contribution in [-0.4, -0.2) is 36.1 Å². The molecule has 1 N–H and O–H groups in total. The summed E-state index contributed by atoms with van der Waals surface area (Å²) in [5.41, 5.74) is 3.55. The number of aromatic nitrogens is 1. The summed E-state index contributed by atoms with van der Waals surface area (Å²) in [5, 5.41) is 3.03. The molecule has 0 radical (unpaired) electrons. The maximum absolute atomic E-state index is 12.5. The molecule has 1 aliphatic rings. The van der Waals surface area contributed by atoms with Crippen molar-refractivity contribution in [3.63, 3.8) is 0 Å². The van der Waals surface area contributed by atoms with Crippen LogP contribution in [0, 0.1) is 5.92 Å². The predicted molar refractivity (Wildman–Crippen MR) is 128 cm³/mol. The molecule has 2 heterocycles. The molecule has 3 aromatic rings. The number of likely N-dealkylation sites (tertiary alicyclic amines) is 1. The Balaban J connectivity index is 1.17. The van der Waals surface area contributed by atoms with E-state index in [1.165, 1.54) is 5.56 Å². The Morgan fingerprint density at radius 3 is 2.21 bits per heavy atom. The van der Waals surface area contributed by atoms with E-state index in [1.807, 2.05) is 41.3 Å². The van der Waals surface area contributed by atoms with Gasteiger partial charge >= 0.3 is 6.03 Å². The topological polar surface area (TPSA) is 63.7 Å². The number of urea groups is 1. The van der Waals surface area contributed by atoms with Crippen LogP contribution in [0.4, 0.5) is 4.79 Å². The highest BCUT2D eigenvalue weighted by molar-refractivity contribution is 5.74. The molecule has 0 atom stereocenters. The van der Waals surface area contributed by atoms with Crippen molar-refractivity contribution in [2.75, 3.05) is 20.2 Å². The average Bonchev–Trinajstić information content (AvgIpc) is 2.88. The fraction of sp³-hybridized carbons (Fsp3) is 0.333. The van der Waals surface area contributed by atoms with Crippen LogP contribution in [0.15, 0.2) is 73.1 Å². The smallest absolute Gasteiger partial charge is 0.317 e. The molecular formula is C27H31N3O3. The first kappa shape index (κ1) is 22.6. The lowest BCUT2D eigenvalue weighted by atomic mass is 9.90. The van der Waals surface area contributed by atoms with E-state index in [4.69, 9.17) is 9.47 Å². The lowest BCUT2D eigenvalue weighted by Crippen LogP contribution is -2.44. The Bertz CT molecular complexity index is 999. The highest BCUT2D eigenvalue weighted by atomic mass is 16.5. The van der Waals surface area contributed by atoms with Crippen molar-refractivity contribution in [2.45, 2.75) is 32.4 Å². The Kier molecular flexibility index (Phi) is 7.80. The summed E-state index contributed by atoms with van der Waals surface area (Å²) in [5.74, 6) is 2.25. The fourth-order valence-electron chi connectivity index (χ4n) is 4.08. The first-order valence-electron chi connectivity index (χ1n) is 11.5. The van der Waals surface area contributed by atoms with E-state index in [2.05, 4.69) is 34.6 Å². The van der Waals surface area contributed by atoms with Gasteiger partial charge in [-0.3, -0.25) is 4.98 Å². The van der Waals surface area contributed by atoms with Gasteiger partial charge in [0.2, 0.25) is 0 Å². The van der Waals surface area contributed by atoms with Gasteiger partial charge < -0.3 is 19.7 Å². The summed E-state index contributed by atoms with van der Waals surface area (Å²) in [6, 6.07) is 20.2. The molecule has 2 aromatic carbocycles. The van der Waals surface area contributed by atoms with Gasteiger partial charge in [-0.25, -0.2) is 4.79 Å². The van der Waals surface area contributed by atoms with Gasteiger partial charge in [0.25, 0.3) is 0 Å². The van der Waals surface area contributed by atoms with Gasteiger partial charge in [0.15, 0.2) is 0 Å². The van der Waals surface area contributed by atoms with E-state index in [9.17, 15) is 4.79 Å². The first-order valence-corrected chi connectivity index (χ1v) is 11.5. The van der Waals surface area contributed by atoms with Gasteiger partial charge in [0.05, 0.1) is 7.11 Å². The van der Waals surface area contributed by atoms with E-state index in [-0.39, 0.29) is 6.03 Å². The molecule has 1 fully saturated rings. The molecule has 0 bridgehead atoms. The second-order valence-corrected chi connectivity index (χ2v) is 8.43. The number of ether oxygens (including phenoxy) is 2. The summed E-state index contributed by atoms with van der Waals surface area (Å²) in [4.78, 5) is 18.5. The molecule has 1 saturated heterocycles. The van der Waals surface area contributed by atoms with E-state index in [1.54, 1.807) is 19.5 Å². The van der Waals surface area contributed by atoms with Crippen LogP contribution in [0.2, 0.25) is 0 Å². The molecule has 172 valence electrons. The summed E-state index contributed by atoms with van der Waals surface area (Å²) in [6.07, 6.45) is 6.57. The van der Waals surface area contributed by atoms with Gasteiger partial charge in [-0.1, -0.05) is 36.4 Å². The molecule has 0 aliphatic carbocycles. The first-order chi connectivity index (χ1) is 16.2. The van der Waals surface area contributed by atoms with Crippen molar-refractivity contribution < 1.29 is 14.3 Å². The van der Waals surface area contributed by atoms with Crippen LogP contribution in [0.3, 0.4) is 0 Å². The van der Waals surface area contributed by atoms with Crippen molar-refractivity contribution in [1.29, 1.82) is 0 Å². The number of nitrogens with zero attached hydrogens (tertiary/aromatic N) is 2. The van der Waals surface area contributed by atoms with E-state index in [0.29, 0.717) is 19.1 Å². The highest BCUT2D eigenvalue weighted by Crippen LogP contribution is 2.22. The third kappa shape index (κ3) is 6.72. The molecule has 0 unspecified atom stereocenters. The second kappa shape index (κ2) is 11.4. The molecule has 1 aliphatic heterocycles. The number of carbonyl (C=O) groups is 1. The predicted octanol–water partition coefficient (Wildman–Crippen LogP) is 4.83. The number of carbonyl (C=O) groups excluding carboxylic acids is 1. The van der Waals surface area contributed by atoms with Gasteiger partial charge in [0.1, 0.15) is 18.1 Å². The van der Waals surface area contributed by atoms with Crippen LogP contribution < -0.4 is 14.8 Å². The minimum absolute atomic E-state index is 0.0165. The standard InChI is InChI=1S/C27H31N3O3/c1-32-25-8-6-23(7-9-25)19-29-27(31)30-16-12-22(13-17-30)18-21-2-4-24(5-3-21)20-33-26-10-14-28-15-11-26/h2-11,14-15,22H,12-13,16-20H2,1H3,(H,29,31). The minimum atomic E-state index is 0.0165. The monoisotopic (exact) mass is 445 g/mol. The summed E-state index contributed by atoms with van der Waals surface area (Å²) in [7, 11) is 1.65. The largest absolute Gasteiger partial charge is 0.497 e. The zero-order valence-electron chi connectivity index (χ0n) is 19.1. The van der Waals surface area contributed by atoms with Crippen LogP contribution in [0.25, 0.3) is 0 Å². The van der Waals surface area contributed by atoms with Crippen LogP contribution in [0.5, 0.6) is 11.5 Å². The minimum Gasteiger partial charge on any atom is -0.497 e. The SMILES string of the molecule is COc1ccc(CNC(=O)N2CCC(Cc3ccc(COc4ccncc4)cc3)CC2)cc1. The number of hydrogen-bond donors (Lipinski definition) is 1. The quantitative estimate of drug-likeness (QED) is 0.539. The van der Waals surface area contributed by atoms with Crippen molar-refractivity contribution in [3.8, 4) is 11.5 Å². The molecule has 6 nitrogen and oxygen atoms in total. The van der Waals surface area contributed by atoms with Gasteiger partial charge in [-0.15, -0.1) is 0 Å². The Morgan fingerprint density at radius 1 is 0.909 bits per heavy atom. The Labute approximate surface area is 195 Å². The zero-order chi connectivity index (χ0) is 22.9. The molecule has 4 rings (SSSR count). The maximum Gasteiger partial charge on any atom is 0.317 e. The van der Waals surface area contributed by atoms with Gasteiger partial charge in [-0.2, -0.15) is 0 Å². The van der Waals surface area contributed by atoms with Crippen molar-refractivity contribution in [2.24, 2.45) is 5.92 Å². The number of piperidine rings is 1. The summed E-state index contributed by atoms with van der Waals surface area (Å²) < 4.78 is 11.0. The van der Waals surface area contributed by atoms with Crippen LogP contribution in [-0.2, 0) is 19.6 Å². The summed E-state index contributed by atoms with van der Waals surface area (Å²) in [6.45, 7) is 2.68. The average molecular weight is 446 g/mol. The molecule has 6 heteroatoms. The van der Waals surface area contributed by atoms with Gasteiger partial charge in [0, 0.05) is 32.0 Å².